The minimum absolute atomic E-state index is 0.115. The molecule has 27 heavy (non-hydrogen) atoms. The molecule has 3 rings (SSSR count). The van der Waals surface area contributed by atoms with Crippen molar-refractivity contribution in [3.63, 3.8) is 0 Å². The predicted octanol–water partition coefficient (Wildman–Crippen LogP) is 1.55. The van der Waals surface area contributed by atoms with E-state index in [0.29, 0.717) is 18.5 Å². The number of carbonyl (C=O) groups is 3. The van der Waals surface area contributed by atoms with Crippen LogP contribution in [0.3, 0.4) is 0 Å². The molecule has 1 aliphatic heterocycles. The number of nitrogens with one attached hydrogen (secondary N) is 1. The van der Waals surface area contributed by atoms with Crippen LogP contribution < -0.4 is 11.1 Å². The Morgan fingerprint density at radius 1 is 1.07 bits per heavy atom. The molecule has 2 aromatic carbocycles. The molecule has 1 atom stereocenters. The number of aryl methyl sites for hydroxylation is 1. The van der Waals surface area contributed by atoms with Crippen LogP contribution in [-0.4, -0.2) is 35.2 Å². The molecule has 0 spiro atoms. The summed E-state index contributed by atoms with van der Waals surface area (Å²) in [5.74, 6) is -0.920. The number of hydrogen-bond donors (Lipinski definition) is 2. The molecule has 140 valence electrons. The Morgan fingerprint density at radius 3 is 2.44 bits per heavy atom. The summed E-state index contributed by atoms with van der Waals surface area (Å²) >= 11 is 0. The van der Waals surface area contributed by atoms with Gasteiger partial charge in [0.25, 0.3) is 5.91 Å². The maximum atomic E-state index is 12.7. The van der Waals surface area contributed by atoms with Crippen LogP contribution in [0, 0.1) is 6.92 Å². The first-order valence-electron chi connectivity index (χ1n) is 8.96. The molecule has 1 heterocycles. The van der Waals surface area contributed by atoms with Crippen LogP contribution in [-0.2, 0) is 22.6 Å². The minimum Gasteiger partial charge on any atom is -0.368 e. The Morgan fingerprint density at radius 2 is 1.74 bits per heavy atom. The maximum absolute atomic E-state index is 12.7. The van der Waals surface area contributed by atoms with Gasteiger partial charge < -0.3 is 16.0 Å². The lowest BCUT2D eigenvalue weighted by Crippen LogP contribution is -2.51. The zero-order chi connectivity index (χ0) is 19.4. The van der Waals surface area contributed by atoms with Gasteiger partial charge in [-0.1, -0.05) is 42.5 Å². The zero-order valence-corrected chi connectivity index (χ0v) is 15.3. The number of nitrogens with zero attached hydrogens (tertiary/aromatic N) is 1. The molecule has 0 bridgehead atoms. The quantitative estimate of drug-likeness (QED) is 0.842. The second-order valence-electron chi connectivity index (χ2n) is 6.73. The number of carbonyl (C=O) groups excluding carboxylic acids is 3. The Balaban J connectivity index is 1.62. The molecule has 0 saturated heterocycles. The molecule has 1 unspecified atom stereocenters. The molecule has 2 aromatic rings. The summed E-state index contributed by atoms with van der Waals surface area (Å²) in [6.07, 6.45) is 0.538. The van der Waals surface area contributed by atoms with Crippen molar-refractivity contribution in [2.45, 2.75) is 32.4 Å². The summed E-state index contributed by atoms with van der Waals surface area (Å²) in [7, 11) is 0. The second-order valence-corrected chi connectivity index (χ2v) is 6.73. The highest BCUT2D eigenvalue weighted by Gasteiger charge is 2.32. The van der Waals surface area contributed by atoms with Crippen molar-refractivity contribution in [2.24, 2.45) is 5.73 Å². The molecule has 0 fully saturated rings. The van der Waals surface area contributed by atoms with Gasteiger partial charge in [0.1, 0.15) is 6.04 Å². The van der Waals surface area contributed by atoms with Gasteiger partial charge >= 0.3 is 0 Å². The zero-order valence-electron chi connectivity index (χ0n) is 15.3. The van der Waals surface area contributed by atoms with E-state index in [9.17, 15) is 14.4 Å². The fourth-order valence-corrected chi connectivity index (χ4v) is 3.39. The first-order valence-corrected chi connectivity index (χ1v) is 8.96. The third-order valence-corrected chi connectivity index (χ3v) is 4.91. The van der Waals surface area contributed by atoms with Gasteiger partial charge in [-0.25, -0.2) is 0 Å². The van der Waals surface area contributed by atoms with E-state index in [0.717, 1.165) is 16.7 Å². The standard InChI is InChI=1S/C21H23N3O3/c1-14-6-2-5-9-17(14)21(27)23-11-10-19(25)24-13-16-8-4-3-7-15(16)12-18(24)20(22)26/h2-9,18H,10-13H2,1H3,(H2,22,26)(H,23,27). The Hall–Kier alpha value is -3.15. The molecular weight excluding hydrogens is 342 g/mol. The molecule has 0 aromatic heterocycles. The van der Waals surface area contributed by atoms with Gasteiger partial charge in [-0.15, -0.1) is 0 Å². The second kappa shape index (κ2) is 8.03. The van der Waals surface area contributed by atoms with Crippen molar-refractivity contribution in [3.05, 3.63) is 70.8 Å². The van der Waals surface area contributed by atoms with E-state index in [1.807, 2.05) is 43.3 Å². The average molecular weight is 365 g/mol. The van der Waals surface area contributed by atoms with Gasteiger partial charge in [-0.2, -0.15) is 0 Å². The molecule has 6 heteroatoms. The van der Waals surface area contributed by atoms with Crippen LogP contribution in [0.5, 0.6) is 0 Å². The maximum Gasteiger partial charge on any atom is 0.251 e. The highest BCUT2D eigenvalue weighted by Crippen LogP contribution is 2.23. The van der Waals surface area contributed by atoms with E-state index in [4.69, 9.17) is 5.73 Å². The van der Waals surface area contributed by atoms with Gasteiger partial charge in [0.15, 0.2) is 0 Å². The van der Waals surface area contributed by atoms with Crippen LogP contribution in [0.2, 0.25) is 0 Å². The Labute approximate surface area is 158 Å². The van der Waals surface area contributed by atoms with Crippen molar-refractivity contribution >= 4 is 17.7 Å². The van der Waals surface area contributed by atoms with Crippen LogP contribution >= 0.6 is 0 Å². The summed E-state index contributed by atoms with van der Waals surface area (Å²) in [6, 6.07) is 14.4. The summed E-state index contributed by atoms with van der Waals surface area (Å²) in [5, 5.41) is 2.77. The SMILES string of the molecule is Cc1ccccc1C(=O)NCCC(=O)N1Cc2ccccc2CC1C(N)=O. The first kappa shape index (κ1) is 18.6. The molecular formula is C21H23N3O3. The third-order valence-electron chi connectivity index (χ3n) is 4.91. The summed E-state index contributed by atoms with van der Waals surface area (Å²) < 4.78 is 0. The fraction of sp³-hybridized carbons (Fsp3) is 0.286. The summed E-state index contributed by atoms with van der Waals surface area (Å²) in [5.41, 5.74) is 9.05. The molecule has 0 saturated carbocycles. The lowest BCUT2D eigenvalue weighted by atomic mass is 9.93. The largest absolute Gasteiger partial charge is 0.368 e. The lowest BCUT2D eigenvalue weighted by molar-refractivity contribution is -0.140. The van der Waals surface area contributed by atoms with Crippen LogP contribution in [0.1, 0.15) is 33.5 Å². The molecule has 1 aliphatic rings. The number of fused-ring (bicyclic) bond motifs is 1. The molecule has 0 radical (unpaired) electrons. The topological polar surface area (TPSA) is 92.5 Å². The van der Waals surface area contributed by atoms with Crippen molar-refractivity contribution in [1.82, 2.24) is 10.2 Å². The van der Waals surface area contributed by atoms with Gasteiger partial charge in [0.2, 0.25) is 11.8 Å². The monoisotopic (exact) mass is 365 g/mol. The number of benzene rings is 2. The van der Waals surface area contributed by atoms with Crippen LogP contribution in [0.15, 0.2) is 48.5 Å². The molecule has 3 N–H and O–H groups in total. The van der Waals surface area contributed by atoms with E-state index < -0.39 is 11.9 Å². The Bertz CT molecular complexity index is 878. The minimum atomic E-state index is -0.653. The number of hydrogen-bond acceptors (Lipinski definition) is 3. The summed E-state index contributed by atoms with van der Waals surface area (Å²) in [6.45, 7) is 2.42. The molecule has 6 nitrogen and oxygen atoms in total. The van der Waals surface area contributed by atoms with E-state index >= 15 is 0 Å². The summed E-state index contributed by atoms with van der Waals surface area (Å²) in [4.78, 5) is 38.3. The van der Waals surface area contributed by atoms with Gasteiger partial charge in [0, 0.05) is 31.5 Å². The van der Waals surface area contributed by atoms with Crippen molar-refractivity contribution in [3.8, 4) is 0 Å². The van der Waals surface area contributed by atoms with Gasteiger partial charge in [-0.3, -0.25) is 14.4 Å². The smallest absolute Gasteiger partial charge is 0.251 e. The van der Waals surface area contributed by atoms with E-state index in [1.165, 1.54) is 4.90 Å². The van der Waals surface area contributed by atoms with E-state index in [-0.39, 0.29) is 24.8 Å². The van der Waals surface area contributed by atoms with Crippen LogP contribution in [0.25, 0.3) is 0 Å². The predicted molar refractivity (Wildman–Crippen MR) is 102 cm³/mol. The third kappa shape index (κ3) is 4.16. The number of amides is 3. The normalized spacial score (nSPS) is 15.7. The first-order chi connectivity index (χ1) is 13.0. The fourth-order valence-electron chi connectivity index (χ4n) is 3.39. The van der Waals surface area contributed by atoms with E-state index in [1.54, 1.807) is 12.1 Å². The number of primary amides is 1. The number of nitrogens with two attached hydrogens (primary N) is 1. The van der Waals surface area contributed by atoms with Gasteiger partial charge in [0.05, 0.1) is 0 Å². The molecule has 0 aliphatic carbocycles. The van der Waals surface area contributed by atoms with Crippen molar-refractivity contribution < 1.29 is 14.4 Å². The van der Waals surface area contributed by atoms with Crippen molar-refractivity contribution in [1.29, 1.82) is 0 Å². The highest BCUT2D eigenvalue weighted by molar-refractivity contribution is 5.96. The molecule has 3 amide bonds. The van der Waals surface area contributed by atoms with Crippen LogP contribution in [0.4, 0.5) is 0 Å². The van der Waals surface area contributed by atoms with Crippen molar-refractivity contribution in [2.75, 3.05) is 6.54 Å². The average Bonchev–Trinajstić information content (AvgIpc) is 2.67. The van der Waals surface area contributed by atoms with E-state index in [2.05, 4.69) is 5.32 Å². The van der Waals surface area contributed by atoms with Gasteiger partial charge in [-0.05, 0) is 29.7 Å². The Kier molecular flexibility index (Phi) is 5.54. The lowest BCUT2D eigenvalue weighted by Gasteiger charge is -2.35. The number of rotatable bonds is 5. The highest BCUT2D eigenvalue weighted by atomic mass is 16.2.